The molecule has 0 saturated heterocycles. The van der Waals surface area contributed by atoms with E-state index >= 15 is 0 Å². The Bertz CT molecular complexity index is 1060. The van der Waals surface area contributed by atoms with Crippen LogP contribution in [0.2, 0.25) is 0 Å². The van der Waals surface area contributed by atoms with Crippen molar-refractivity contribution in [3.63, 3.8) is 0 Å². The molecule has 0 fully saturated rings. The summed E-state index contributed by atoms with van der Waals surface area (Å²) in [5.41, 5.74) is 6.93. The van der Waals surface area contributed by atoms with E-state index in [9.17, 15) is 14.0 Å². The highest BCUT2D eigenvalue weighted by Gasteiger charge is 2.22. The maximum Gasteiger partial charge on any atom is 0.255 e. The number of hydrogen-bond acceptors (Lipinski definition) is 5. The Morgan fingerprint density at radius 3 is 2.03 bits per heavy atom. The zero-order valence-corrected chi connectivity index (χ0v) is 17.6. The summed E-state index contributed by atoms with van der Waals surface area (Å²) in [6.45, 7) is -0.376. The number of carbonyl (C=O) groups is 2. The van der Waals surface area contributed by atoms with Crippen LogP contribution in [0.15, 0.2) is 66.7 Å². The third-order valence-corrected chi connectivity index (χ3v) is 4.69. The molecule has 3 aromatic rings. The fourth-order valence-corrected chi connectivity index (χ4v) is 3.17. The maximum atomic E-state index is 13.4. The first-order chi connectivity index (χ1) is 15.4. The lowest BCUT2D eigenvalue weighted by molar-refractivity contribution is -0.120. The number of halogens is 1. The summed E-state index contributed by atoms with van der Waals surface area (Å²) < 4.78 is 29.5. The normalized spacial score (nSPS) is 11.3. The summed E-state index contributed by atoms with van der Waals surface area (Å²) in [4.78, 5) is 24.3. The van der Waals surface area contributed by atoms with Gasteiger partial charge in [0.2, 0.25) is 5.75 Å². The number of carbonyl (C=O) groups excluding carboxylic acids is 2. The van der Waals surface area contributed by atoms with Crippen molar-refractivity contribution in [2.45, 2.75) is 6.04 Å². The van der Waals surface area contributed by atoms with E-state index in [1.807, 2.05) is 30.3 Å². The first kappa shape index (κ1) is 22.6. The molecule has 3 aromatic carbocycles. The number of primary amides is 1. The Kier molecular flexibility index (Phi) is 7.28. The molecular weight excluding hydrogens is 415 g/mol. The number of rotatable bonds is 9. The second-order valence-corrected chi connectivity index (χ2v) is 6.83. The number of methoxy groups -OCH3 is 2. The molecule has 1 unspecified atom stereocenters. The lowest BCUT2D eigenvalue weighted by Crippen LogP contribution is -2.29. The third-order valence-electron chi connectivity index (χ3n) is 4.69. The minimum absolute atomic E-state index is 0.156. The molecule has 32 heavy (non-hydrogen) atoms. The molecule has 0 saturated carbocycles. The van der Waals surface area contributed by atoms with Crippen LogP contribution >= 0.6 is 0 Å². The summed E-state index contributed by atoms with van der Waals surface area (Å²) in [6, 6.07) is 17.7. The Balaban J connectivity index is 1.95. The minimum atomic E-state index is -0.666. The van der Waals surface area contributed by atoms with E-state index < -0.39 is 17.9 Å². The van der Waals surface area contributed by atoms with Crippen LogP contribution in [0.4, 0.5) is 4.39 Å². The Labute approximate surface area is 184 Å². The van der Waals surface area contributed by atoms with Gasteiger partial charge in [-0.15, -0.1) is 0 Å². The molecule has 2 amide bonds. The van der Waals surface area contributed by atoms with Crippen molar-refractivity contribution in [3.8, 4) is 17.2 Å². The molecule has 7 nitrogen and oxygen atoms in total. The van der Waals surface area contributed by atoms with E-state index in [4.69, 9.17) is 19.9 Å². The summed E-state index contributed by atoms with van der Waals surface area (Å²) in [6.07, 6.45) is 0. The average molecular weight is 438 g/mol. The number of benzene rings is 3. The summed E-state index contributed by atoms with van der Waals surface area (Å²) in [5, 5.41) is 2.97. The minimum Gasteiger partial charge on any atom is -0.493 e. The number of nitrogens with one attached hydrogen (secondary N) is 1. The maximum absolute atomic E-state index is 13.4. The number of nitrogens with two attached hydrogens (primary N) is 1. The van der Waals surface area contributed by atoms with Gasteiger partial charge in [-0.25, -0.2) is 4.39 Å². The average Bonchev–Trinajstić information content (AvgIpc) is 2.81. The predicted molar refractivity (Wildman–Crippen MR) is 116 cm³/mol. The number of ether oxygens (including phenoxy) is 3. The van der Waals surface area contributed by atoms with E-state index in [0.29, 0.717) is 5.56 Å². The van der Waals surface area contributed by atoms with Gasteiger partial charge in [0.05, 0.1) is 20.3 Å². The Morgan fingerprint density at radius 1 is 0.938 bits per heavy atom. The fraction of sp³-hybridized carbons (Fsp3) is 0.167. The van der Waals surface area contributed by atoms with E-state index in [1.54, 1.807) is 12.1 Å². The predicted octanol–water partition coefficient (Wildman–Crippen LogP) is 3.23. The lowest BCUT2D eigenvalue weighted by atomic mass is 9.98. The third kappa shape index (κ3) is 5.34. The van der Waals surface area contributed by atoms with Crippen LogP contribution in [0.5, 0.6) is 17.2 Å². The van der Waals surface area contributed by atoms with Gasteiger partial charge in [0.25, 0.3) is 11.8 Å². The second-order valence-electron chi connectivity index (χ2n) is 6.83. The molecule has 0 aliphatic rings. The summed E-state index contributed by atoms with van der Waals surface area (Å²) in [5.74, 6) is -0.888. The van der Waals surface area contributed by atoms with Crippen LogP contribution in [-0.2, 0) is 4.79 Å². The van der Waals surface area contributed by atoms with Gasteiger partial charge in [-0.05, 0) is 35.4 Å². The largest absolute Gasteiger partial charge is 0.493 e. The zero-order valence-electron chi connectivity index (χ0n) is 17.6. The monoisotopic (exact) mass is 438 g/mol. The highest BCUT2D eigenvalue weighted by atomic mass is 19.1. The molecule has 1 atom stereocenters. The van der Waals surface area contributed by atoms with Gasteiger partial charge in [0, 0.05) is 5.56 Å². The van der Waals surface area contributed by atoms with Crippen molar-refractivity contribution in [1.29, 1.82) is 0 Å². The van der Waals surface area contributed by atoms with Crippen molar-refractivity contribution in [1.82, 2.24) is 5.32 Å². The first-order valence-corrected chi connectivity index (χ1v) is 9.71. The molecule has 3 N–H and O–H groups in total. The van der Waals surface area contributed by atoms with Crippen molar-refractivity contribution in [3.05, 3.63) is 89.2 Å². The smallest absolute Gasteiger partial charge is 0.255 e. The second kappa shape index (κ2) is 10.3. The topological polar surface area (TPSA) is 99.9 Å². The van der Waals surface area contributed by atoms with Crippen LogP contribution in [0.3, 0.4) is 0 Å². The molecule has 0 heterocycles. The summed E-state index contributed by atoms with van der Waals surface area (Å²) >= 11 is 0. The summed E-state index contributed by atoms with van der Waals surface area (Å²) in [7, 11) is 2.80. The molecule has 0 spiro atoms. The van der Waals surface area contributed by atoms with Crippen LogP contribution < -0.4 is 25.3 Å². The Hall–Kier alpha value is -4.07. The fourth-order valence-electron chi connectivity index (χ4n) is 3.17. The van der Waals surface area contributed by atoms with Crippen molar-refractivity contribution >= 4 is 11.8 Å². The lowest BCUT2D eigenvalue weighted by Gasteiger charge is -2.21. The number of hydrogen-bond donors (Lipinski definition) is 2. The molecule has 0 aliphatic heterocycles. The van der Waals surface area contributed by atoms with Crippen molar-refractivity contribution in [2.24, 2.45) is 5.73 Å². The quantitative estimate of drug-likeness (QED) is 0.534. The SMILES string of the molecule is COc1cc(C(=O)NC(c2ccccc2)c2ccc(F)cc2)cc(OC)c1OCC(N)=O. The van der Waals surface area contributed by atoms with Gasteiger partial charge in [-0.2, -0.15) is 0 Å². The molecular formula is C24H23FN2O5. The molecule has 0 aromatic heterocycles. The van der Waals surface area contributed by atoms with Gasteiger partial charge >= 0.3 is 0 Å². The molecule has 3 rings (SSSR count). The zero-order chi connectivity index (χ0) is 23.1. The van der Waals surface area contributed by atoms with Crippen LogP contribution in [0.25, 0.3) is 0 Å². The van der Waals surface area contributed by atoms with E-state index in [2.05, 4.69) is 5.32 Å². The van der Waals surface area contributed by atoms with Gasteiger partial charge in [-0.3, -0.25) is 9.59 Å². The number of amides is 2. The molecule has 166 valence electrons. The van der Waals surface area contributed by atoms with Gasteiger partial charge in [0.15, 0.2) is 18.1 Å². The standard InChI is InChI=1S/C24H23FN2O5/c1-30-19-12-17(13-20(31-2)23(19)32-14-21(26)28)24(29)27-22(15-6-4-3-5-7-15)16-8-10-18(25)11-9-16/h3-13,22H,14H2,1-2H3,(H2,26,28)(H,27,29). The highest BCUT2D eigenvalue weighted by molar-refractivity contribution is 5.96. The van der Waals surface area contributed by atoms with Crippen molar-refractivity contribution < 1.29 is 28.2 Å². The van der Waals surface area contributed by atoms with Crippen LogP contribution in [0.1, 0.15) is 27.5 Å². The van der Waals surface area contributed by atoms with Gasteiger partial charge in [-0.1, -0.05) is 42.5 Å². The highest BCUT2D eigenvalue weighted by Crippen LogP contribution is 2.38. The van der Waals surface area contributed by atoms with Gasteiger partial charge < -0.3 is 25.3 Å². The van der Waals surface area contributed by atoms with Gasteiger partial charge in [0.1, 0.15) is 5.82 Å². The van der Waals surface area contributed by atoms with Crippen molar-refractivity contribution in [2.75, 3.05) is 20.8 Å². The Morgan fingerprint density at radius 2 is 1.50 bits per heavy atom. The molecule has 0 bridgehead atoms. The molecule has 8 heteroatoms. The molecule has 0 aliphatic carbocycles. The van der Waals surface area contributed by atoms with Crippen LogP contribution in [-0.4, -0.2) is 32.6 Å². The van der Waals surface area contributed by atoms with Crippen LogP contribution in [0, 0.1) is 5.82 Å². The van der Waals surface area contributed by atoms with E-state index in [0.717, 1.165) is 5.56 Å². The first-order valence-electron chi connectivity index (χ1n) is 9.71. The molecule has 0 radical (unpaired) electrons. The van der Waals surface area contributed by atoms with E-state index in [1.165, 1.54) is 38.5 Å². The van der Waals surface area contributed by atoms with E-state index in [-0.39, 0.29) is 35.2 Å².